The molecule has 1 atom stereocenters. The zero-order chi connectivity index (χ0) is 19.9. The minimum atomic E-state index is -0.581. The van der Waals surface area contributed by atoms with Gasteiger partial charge in [-0.05, 0) is 50.0 Å². The molecule has 152 valence electrons. The Balaban J connectivity index is 1.66. The van der Waals surface area contributed by atoms with Gasteiger partial charge in [0.25, 0.3) is 5.91 Å². The number of esters is 1. The normalized spacial score (nSPS) is 18.7. The van der Waals surface area contributed by atoms with Gasteiger partial charge in [0.15, 0.2) is 11.2 Å². The molecule has 8 heteroatoms. The molecule has 0 saturated carbocycles. The highest BCUT2D eigenvalue weighted by atomic mass is 32.1. The van der Waals surface area contributed by atoms with Crippen LogP contribution in [0.5, 0.6) is 5.75 Å². The van der Waals surface area contributed by atoms with Crippen LogP contribution in [-0.2, 0) is 14.3 Å². The first kappa shape index (κ1) is 20.4. The number of amides is 1. The number of anilines is 1. The number of nitrogens with one attached hydrogen (secondary N) is 1. The van der Waals surface area contributed by atoms with Gasteiger partial charge in [0.1, 0.15) is 5.75 Å². The minimum absolute atomic E-state index is 0.0210. The molecule has 2 aliphatic heterocycles. The summed E-state index contributed by atoms with van der Waals surface area (Å²) >= 11 is 5.57. The van der Waals surface area contributed by atoms with E-state index < -0.39 is 6.10 Å². The molecular weight excluding hydrogens is 378 g/mol. The second kappa shape index (κ2) is 9.73. The van der Waals surface area contributed by atoms with Crippen molar-refractivity contribution in [3.63, 3.8) is 0 Å². The molecule has 0 unspecified atom stereocenters. The number of likely N-dealkylation sites (tertiary alicyclic amines) is 1. The van der Waals surface area contributed by atoms with Crippen LogP contribution in [0.15, 0.2) is 24.3 Å². The molecule has 1 fully saturated rings. The van der Waals surface area contributed by atoms with Gasteiger partial charge in [-0.1, -0.05) is 12.1 Å². The number of ether oxygens (including phenoxy) is 2. The number of hydrogen-bond donors (Lipinski definition) is 1. The molecule has 1 aromatic rings. The highest BCUT2D eigenvalue weighted by molar-refractivity contribution is 7.80. The number of carbonyl (C=O) groups excluding carboxylic acids is 2. The topological polar surface area (TPSA) is 71.1 Å². The van der Waals surface area contributed by atoms with Gasteiger partial charge in [-0.15, -0.1) is 0 Å². The minimum Gasteiger partial charge on any atom is -0.476 e. The Morgan fingerprint density at radius 1 is 1.25 bits per heavy atom. The molecule has 0 aromatic heterocycles. The SMILES string of the molecule is COC(=O)CCCNC(=S)N1C[C@@H](C(=O)N2CCCCC2)Oc2ccccc21. The van der Waals surface area contributed by atoms with Crippen molar-refractivity contribution >= 4 is 34.9 Å². The van der Waals surface area contributed by atoms with Crippen LogP contribution in [0.2, 0.25) is 0 Å². The fraction of sp³-hybridized carbons (Fsp3) is 0.550. The Morgan fingerprint density at radius 2 is 2.00 bits per heavy atom. The first-order chi connectivity index (χ1) is 13.6. The van der Waals surface area contributed by atoms with Crippen LogP contribution < -0.4 is 15.0 Å². The number of piperidine rings is 1. The lowest BCUT2D eigenvalue weighted by molar-refractivity contribution is -0.141. The van der Waals surface area contributed by atoms with Crippen LogP contribution in [0.3, 0.4) is 0 Å². The molecular formula is C20H27N3O4S. The van der Waals surface area contributed by atoms with Gasteiger partial charge >= 0.3 is 5.97 Å². The van der Waals surface area contributed by atoms with Gasteiger partial charge in [-0.3, -0.25) is 9.59 Å². The Hall–Kier alpha value is -2.35. The van der Waals surface area contributed by atoms with Crippen LogP contribution in [0, 0.1) is 0 Å². The molecule has 2 heterocycles. The van der Waals surface area contributed by atoms with Gasteiger partial charge in [-0.2, -0.15) is 0 Å². The van der Waals surface area contributed by atoms with E-state index in [4.69, 9.17) is 17.0 Å². The van der Waals surface area contributed by atoms with Gasteiger partial charge in [0, 0.05) is 26.1 Å². The largest absolute Gasteiger partial charge is 0.476 e. The van der Waals surface area contributed by atoms with Gasteiger partial charge in [0.2, 0.25) is 0 Å². The molecule has 1 saturated heterocycles. The Labute approximate surface area is 171 Å². The van der Waals surface area contributed by atoms with Crippen molar-refractivity contribution in [3.05, 3.63) is 24.3 Å². The van der Waals surface area contributed by atoms with Crippen molar-refractivity contribution in [2.75, 3.05) is 38.2 Å². The summed E-state index contributed by atoms with van der Waals surface area (Å²) in [4.78, 5) is 28.0. The average Bonchev–Trinajstić information content (AvgIpc) is 2.75. The lowest BCUT2D eigenvalue weighted by atomic mass is 10.1. The summed E-state index contributed by atoms with van der Waals surface area (Å²) in [6.45, 7) is 2.50. The Bertz CT molecular complexity index is 721. The average molecular weight is 406 g/mol. The standard InChI is InChI=1S/C20H27N3O4S/c1-26-18(24)10-7-11-21-20(28)23-14-17(19(25)22-12-5-2-6-13-22)27-16-9-4-3-8-15(16)23/h3-4,8-9,17H,2,5-7,10-14H2,1H3,(H,21,28)/t17-/m0/s1. The molecule has 0 aliphatic carbocycles. The maximum absolute atomic E-state index is 13.0. The van der Waals surface area contributed by atoms with Gasteiger partial charge in [0.05, 0.1) is 19.3 Å². The van der Waals surface area contributed by atoms with Crippen LogP contribution in [-0.4, -0.2) is 61.3 Å². The number of nitrogens with zero attached hydrogens (tertiary/aromatic N) is 2. The van der Waals surface area contributed by atoms with Crippen molar-refractivity contribution in [2.45, 2.75) is 38.2 Å². The first-order valence-electron chi connectivity index (χ1n) is 9.77. The molecule has 1 amide bonds. The molecule has 1 aromatic carbocycles. The smallest absolute Gasteiger partial charge is 0.305 e. The summed E-state index contributed by atoms with van der Waals surface area (Å²) in [6, 6.07) is 7.59. The third-order valence-corrected chi connectivity index (χ3v) is 5.39. The summed E-state index contributed by atoms with van der Waals surface area (Å²) in [7, 11) is 1.38. The highest BCUT2D eigenvalue weighted by Crippen LogP contribution is 2.33. The Morgan fingerprint density at radius 3 is 2.75 bits per heavy atom. The molecule has 3 rings (SSSR count). The fourth-order valence-electron chi connectivity index (χ4n) is 3.50. The van der Waals surface area contributed by atoms with Crippen molar-refractivity contribution in [3.8, 4) is 5.75 Å². The quantitative estimate of drug-likeness (QED) is 0.457. The second-order valence-electron chi connectivity index (χ2n) is 6.98. The highest BCUT2D eigenvalue weighted by Gasteiger charge is 2.35. The van der Waals surface area contributed by atoms with E-state index in [-0.39, 0.29) is 11.9 Å². The Kier molecular flexibility index (Phi) is 7.08. The number of methoxy groups -OCH3 is 1. The van der Waals surface area contributed by atoms with Crippen molar-refractivity contribution in [2.24, 2.45) is 0 Å². The zero-order valence-corrected chi connectivity index (χ0v) is 17.0. The van der Waals surface area contributed by atoms with E-state index in [9.17, 15) is 9.59 Å². The van der Waals surface area contributed by atoms with Gasteiger partial charge < -0.3 is 24.6 Å². The van der Waals surface area contributed by atoms with E-state index in [1.54, 1.807) is 0 Å². The number of thiocarbonyl (C=S) groups is 1. The number of carbonyl (C=O) groups is 2. The zero-order valence-electron chi connectivity index (χ0n) is 16.2. The number of para-hydroxylation sites is 2. The number of fused-ring (bicyclic) bond motifs is 1. The van der Waals surface area contributed by atoms with E-state index in [0.29, 0.717) is 36.8 Å². The first-order valence-corrected chi connectivity index (χ1v) is 10.2. The van der Waals surface area contributed by atoms with E-state index in [1.165, 1.54) is 13.5 Å². The van der Waals surface area contributed by atoms with Crippen molar-refractivity contribution < 1.29 is 19.1 Å². The maximum atomic E-state index is 13.0. The number of hydrogen-bond acceptors (Lipinski definition) is 5. The molecule has 7 nitrogen and oxygen atoms in total. The second-order valence-corrected chi connectivity index (χ2v) is 7.37. The summed E-state index contributed by atoms with van der Waals surface area (Å²) in [6.07, 6.45) is 3.63. The van der Waals surface area contributed by atoms with Crippen LogP contribution in [0.1, 0.15) is 32.1 Å². The molecule has 0 radical (unpaired) electrons. The molecule has 28 heavy (non-hydrogen) atoms. The predicted octanol–water partition coefficient (Wildman–Crippen LogP) is 2.09. The fourth-order valence-corrected chi connectivity index (χ4v) is 3.77. The predicted molar refractivity (Wildman–Crippen MR) is 110 cm³/mol. The van der Waals surface area contributed by atoms with E-state index >= 15 is 0 Å². The summed E-state index contributed by atoms with van der Waals surface area (Å²) in [5, 5.41) is 3.71. The summed E-state index contributed by atoms with van der Waals surface area (Å²) in [5.41, 5.74) is 0.843. The van der Waals surface area contributed by atoms with Crippen LogP contribution in [0.4, 0.5) is 5.69 Å². The number of rotatable bonds is 5. The summed E-state index contributed by atoms with van der Waals surface area (Å²) < 4.78 is 10.7. The molecule has 1 N–H and O–H groups in total. The molecule has 0 bridgehead atoms. The third-order valence-electron chi connectivity index (χ3n) is 5.02. The van der Waals surface area contributed by atoms with Crippen molar-refractivity contribution in [1.82, 2.24) is 10.2 Å². The van der Waals surface area contributed by atoms with E-state index in [0.717, 1.165) is 31.6 Å². The summed E-state index contributed by atoms with van der Waals surface area (Å²) in [5.74, 6) is 0.437. The number of benzene rings is 1. The van der Waals surface area contributed by atoms with E-state index in [1.807, 2.05) is 34.1 Å². The monoisotopic (exact) mass is 405 g/mol. The van der Waals surface area contributed by atoms with Crippen LogP contribution >= 0.6 is 12.2 Å². The molecule has 2 aliphatic rings. The van der Waals surface area contributed by atoms with E-state index in [2.05, 4.69) is 10.1 Å². The molecule has 0 spiro atoms. The van der Waals surface area contributed by atoms with Gasteiger partial charge in [-0.25, -0.2) is 0 Å². The third kappa shape index (κ3) is 4.92. The van der Waals surface area contributed by atoms with Crippen molar-refractivity contribution in [1.29, 1.82) is 0 Å². The van der Waals surface area contributed by atoms with Crippen LogP contribution in [0.25, 0.3) is 0 Å². The lowest BCUT2D eigenvalue weighted by Crippen LogP contribution is -2.54. The lowest BCUT2D eigenvalue weighted by Gasteiger charge is -2.38. The maximum Gasteiger partial charge on any atom is 0.305 e.